The maximum absolute atomic E-state index is 5.40. The van der Waals surface area contributed by atoms with Crippen LogP contribution in [0.3, 0.4) is 0 Å². The second kappa shape index (κ2) is 5.97. The Hall–Kier alpha value is 0.842. The maximum atomic E-state index is 5.40. The van der Waals surface area contributed by atoms with Crippen LogP contribution in [0.5, 0.6) is 0 Å². The van der Waals surface area contributed by atoms with Crippen LogP contribution >= 0.6 is 11.8 Å². The zero-order valence-corrected chi connectivity index (χ0v) is 7.78. The van der Waals surface area contributed by atoms with Crippen LogP contribution in [0.2, 0.25) is 11.6 Å². The van der Waals surface area contributed by atoms with E-state index in [1.807, 2.05) is 11.8 Å². The molecule has 0 saturated heterocycles. The van der Waals surface area contributed by atoms with Crippen LogP contribution in [0.25, 0.3) is 0 Å². The first-order valence-electron chi connectivity index (χ1n) is 2.88. The quantitative estimate of drug-likeness (QED) is 0.442. The molecule has 8 heavy (non-hydrogen) atoms. The molecule has 0 aliphatic heterocycles. The molecule has 0 aromatic heterocycles. The van der Waals surface area contributed by atoms with Crippen LogP contribution in [0.1, 0.15) is 0 Å². The van der Waals surface area contributed by atoms with Gasteiger partial charge in [0.15, 0.2) is 0 Å². The molecule has 3 heteroatoms. The molecule has 0 aliphatic rings. The first kappa shape index (κ1) is 8.84. The lowest BCUT2D eigenvalue weighted by molar-refractivity contribution is 0.354. The van der Waals surface area contributed by atoms with Gasteiger partial charge in [-0.2, -0.15) is 11.8 Å². The fraction of sp³-hybridized carbons (Fsp3) is 1.00. The Morgan fingerprint density at radius 2 is 2.12 bits per heavy atom. The summed E-state index contributed by atoms with van der Waals surface area (Å²) in [5.74, 6) is 5.53. The van der Waals surface area contributed by atoms with E-state index in [0.29, 0.717) is 0 Å². The lowest BCUT2D eigenvalue weighted by Gasteiger charge is -2.01. The Morgan fingerprint density at radius 3 is 2.50 bits per heavy atom. The van der Waals surface area contributed by atoms with Gasteiger partial charge in [-0.25, -0.2) is 0 Å². The first-order chi connectivity index (χ1) is 3.77. The molecule has 0 unspecified atom stereocenters. The van der Waals surface area contributed by atoms with E-state index in [2.05, 4.69) is 17.8 Å². The van der Waals surface area contributed by atoms with Crippen molar-refractivity contribution in [3.8, 4) is 0 Å². The van der Waals surface area contributed by atoms with Crippen molar-refractivity contribution in [2.75, 3.05) is 18.6 Å². The van der Waals surface area contributed by atoms with E-state index in [9.17, 15) is 0 Å². The SMILES string of the molecule is CSCC[O][Al]([CH3])[CH3]. The van der Waals surface area contributed by atoms with E-state index in [4.69, 9.17) is 3.79 Å². The molecule has 0 radical (unpaired) electrons. The average molecular weight is 148 g/mol. The molecule has 0 rings (SSSR count). The minimum atomic E-state index is -0.715. The van der Waals surface area contributed by atoms with Crippen molar-refractivity contribution >= 4 is 26.2 Å². The van der Waals surface area contributed by atoms with Gasteiger partial charge in [0.25, 0.3) is 0 Å². The molecule has 0 bridgehead atoms. The third-order valence-electron chi connectivity index (χ3n) is 0.739. The second-order valence-corrected chi connectivity index (χ2v) is 5.33. The van der Waals surface area contributed by atoms with Crippen molar-refractivity contribution in [2.24, 2.45) is 0 Å². The Labute approximate surface area is 60.5 Å². The van der Waals surface area contributed by atoms with Crippen molar-refractivity contribution in [2.45, 2.75) is 11.6 Å². The lowest BCUT2D eigenvalue weighted by atomic mass is 10.9. The molecular formula is C5H13AlOS. The van der Waals surface area contributed by atoms with Gasteiger partial charge in [-0.1, -0.05) is 11.6 Å². The van der Waals surface area contributed by atoms with Gasteiger partial charge in [-0.15, -0.1) is 0 Å². The summed E-state index contributed by atoms with van der Waals surface area (Å²) in [6.45, 7) is 0.949. The van der Waals surface area contributed by atoms with Crippen molar-refractivity contribution in [1.29, 1.82) is 0 Å². The van der Waals surface area contributed by atoms with Gasteiger partial charge in [-0.05, 0) is 6.26 Å². The minimum Gasteiger partial charge on any atom is -0.500 e. The van der Waals surface area contributed by atoms with Gasteiger partial charge in [0, 0.05) is 12.4 Å². The van der Waals surface area contributed by atoms with Crippen LogP contribution in [0.4, 0.5) is 0 Å². The third kappa shape index (κ3) is 6.84. The summed E-state index contributed by atoms with van der Waals surface area (Å²) < 4.78 is 5.40. The fourth-order valence-electron chi connectivity index (χ4n) is 0.367. The second-order valence-electron chi connectivity index (χ2n) is 1.91. The van der Waals surface area contributed by atoms with Gasteiger partial charge < -0.3 is 3.79 Å². The number of thioether (sulfide) groups is 1. The van der Waals surface area contributed by atoms with E-state index in [0.717, 1.165) is 12.4 Å². The van der Waals surface area contributed by atoms with Crippen LogP contribution in [-0.4, -0.2) is 33.1 Å². The highest BCUT2D eigenvalue weighted by atomic mass is 32.2. The van der Waals surface area contributed by atoms with E-state index >= 15 is 0 Å². The van der Waals surface area contributed by atoms with Crippen molar-refractivity contribution < 1.29 is 3.79 Å². The number of rotatable bonds is 4. The number of hydrogen-bond acceptors (Lipinski definition) is 2. The molecule has 0 heterocycles. The Bertz CT molecular complexity index is 49.7. The van der Waals surface area contributed by atoms with Gasteiger partial charge in [0.05, 0.1) is 0 Å². The molecule has 0 spiro atoms. The maximum Gasteiger partial charge on any atom is 0.454 e. The summed E-state index contributed by atoms with van der Waals surface area (Å²) in [4.78, 5) is 0. The molecule has 1 nitrogen and oxygen atoms in total. The molecule has 0 aromatic carbocycles. The molecule has 0 saturated carbocycles. The molecule has 0 atom stereocenters. The highest BCUT2D eigenvalue weighted by Crippen LogP contribution is 1.91. The number of hydrogen-bond donors (Lipinski definition) is 0. The minimum absolute atomic E-state index is 0.715. The monoisotopic (exact) mass is 148 g/mol. The van der Waals surface area contributed by atoms with Gasteiger partial charge >= 0.3 is 14.5 Å². The summed E-state index contributed by atoms with van der Waals surface area (Å²) in [6.07, 6.45) is 2.10. The standard InChI is InChI=1S/C3H7OS.2CH3.Al/c1-5-3-2-4;;;/h2-3H2,1H3;2*1H3;/q-1;;;+1. The molecule has 0 amide bonds. The molecule has 48 valence electrons. The molecule has 0 aliphatic carbocycles. The van der Waals surface area contributed by atoms with Crippen molar-refractivity contribution in [3.05, 3.63) is 0 Å². The Morgan fingerprint density at radius 1 is 1.50 bits per heavy atom. The predicted octanol–water partition coefficient (Wildman–Crippen LogP) is 1.62. The van der Waals surface area contributed by atoms with E-state index in [-0.39, 0.29) is 0 Å². The van der Waals surface area contributed by atoms with E-state index < -0.39 is 14.5 Å². The molecule has 0 aromatic rings. The van der Waals surface area contributed by atoms with E-state index in [1.54, 1.807) is 0 Å². The summed E-state index contributed by atoms with van der Waals surface area (Å²) >= 11 is 1.13. The first-order valence-corrected chi connectivity index (χ1v) is 7.05. The summed E-state index contributed by atoms with van der Waals surface area (Å²) in [5, 5.41) is 0. The Kier molecular flexibility index (Phi) is 6.60. The lowest BCUT2D eigenvalue weighted by Crippen LogP contribution is -2.09. The van der Waals surface area contributed by atoms with Crippen LogP contribution in [-0.2, 0) is 3.79 Å². The molecule has 0 fully saturated rings. The smallest absolute Gasteiger partial charge is 0.454 e. The van der Waals surface area contributed by atoms with Crippen molar-refractivity contribution in [1.82, 2.24) is 0 Å². The van der Waals surface area contributed by atoms with Gasteiger partial charge in [0.2, 0.25) is 0 Å². The topological polar surface area (TPSA) is 9.23 Å². The zero-order chi connectivity index (χ0) is 6.41. The molecule has 0 N–H and O–H groups in total. The van der Waals surface area contributed by atoms with Gasteiger partial charge in [-0.3, -0.25) is 0 Å². The Balaban J connectivity index is 2.72. The molecular weight excluding hydrogens is 135 g/mol. The highest BCUT2D eigenvalue weighted by Gasteiger charge is 2.00. The summed E-state index contributed by atoms with van der Waals surface area (Å²) in [5.41, 5.74) is 0. The zero-order valence-electron chi connectivity index (χ0n) is 5.81. The van der Waals surface area contributed by atoms with Crippen LogP contribution in [0, 0.1) is 0 Å². The van der Waals surface area contributed by atoms with Crippen LogP contribution < -0.4 is 0 Å². The summed E-state index contributed by atoms with van der Waals surface area (Å²) in [6, 6.07) is 0. The highest BCUT2D eigenvalue weighted by molar-refractivity contribution is 7.98. The average Bonchev–Trinajstić information content (AvgIpc) is 1.66. The normalized spacial score (nSPS) is 9.38. The predicted molar refractivity (Wildman–Crippen MR) is 41.8 cm³/mol. The van der Waals surface area contributed by atoms with Crippen molar-refractivity contribution in [3.63, 3.8) is 0 Å². The van der Waals surface area contributed by atoms with E-state index in [1.165, 1.54) is 0 Å². The third-order valence-corrected chi connectivity index (χ3v) is 2.22. The summed E-state index contributed by atoms with van der Waals surface area (Å²) in [7, 11) is 0. The van der Waals surface area contributed by atoms with Crippen LogP contribution in [0.15, 0.2) is 0 Å². The largest absolute Gasteiger partial charge is 0.500 e. The fourth-order valence-corrected chi connectivity index (χ4v) is 1.39. The van der Waals surface area contributed by atoms with Gasteiger partial charge in [0.1, 0.15) is 0 Å².